The zero-order valence-corrected chi connectivity index (χ0v) is 11.3. The first-order chi connectivity index (χ1) is 7.83. The highest BCUT2D eigenvalue weighted by Gasteiger charge is 2.30. The van der Waals surface area contributed by atoms with E-state index < -0.39 is 5.60 Å². The Labute approximate surface area is 104 Å². The van der Waals surface area contributed by atoms with Gasteiger partial charge in [-0.05, 0) is 46.5 Å². The molecule has 100 valence electrons. The van der Waals surface area contributed by atoms with Crippen LogP contribution in [0.1, 0.15) is 47.0 Å². The van der Waals surface area contributed by atoms with E-state index in [9.17, 15) is 9.90 Å². The highest BCUT2D eigenvalue weighted by molar-refractivity contribution is 5.75. The minimum Gasteiger partial charge on any atom is -0.459 e. The summed E-state index contributed by atoms with van der Waals surface area (Å²) >= 11 is 0. The predicted octanol–water partition coefficient (Wildman–Crippen LogP) is 1.47. The number of carbonyl (C=O) groups excluding carboxylic acids is 1. The maximum atomic E-state index is 11.8. The second-order valence-corrected chi connectivity index (χ2v) is 5.90. The minimum absolute atomic E-state index is 0.193. The molecular formula is C13H25NO3. The maximum Gasteiger partial charge on any atom is 0.323 e. The van der Waals surface area contributed by atoms with Crippen molar-refractivity contribution in [3.63, 3.8) is 0 Å². The van der Waals surface area contributed by atoms with E-state index in [4.69, 9.17) is 4.74 Å². The molecule has 3 atom stereocenters. The molecule has 1 saturated carbocycles. The van der Waals surface area contributed by atoms with Gasteiger partial charge in [-0.1, -0.05) is 6.42 Å². The van der Waals surface area contributed by atoms with E-state index >= 15 is 0 Å². The fourth-order valence-electron chi connectivity index (χ4n) is 2.25. The summed E-state index contributed by atoms with van der Waals surface area (Å²) in [7, 11) is 0. The third kappa shape index (κ3) is 4.64. The molecular weight excluding hydrogens is 218 g/mol. The van der Waals surface area contributed by atoms with Gasteiger partial charge in [-0.2, -0.15) is 0 Å². The summed E-state index contributed by atoms with van der Waals surface area (Å²) in [5.74, 6) is 0.0565. The highest BCUT2D eigenvalue weighted by atomic mass is 16.6. The molecule has 0 heterocycles. The Bertz CT molecular complexity index is 260. The lowest BCUT2D eigenvalue weighted by atomic mass is 10.0. The van der Waals surface area contributed by atoms with Crippen molar-refractivity contribution in [2.45, 2.75) is 64.6 Å². The number of esters is 1. The van der Waals surface area contributed by atoms with E-state index in [0.29, 0.717) is 0 Å². The normalized spacial score (nSPS) is 26.9. The van der Waals surface area contributed by atoms with Crippen molar-refractivity contribution >= 4 is 5.97 Å². The number of hydrogen-bond acceptors (Lipinski definition) is 4. The average Bonchev–Trinajstić information content (AvgIpc) is 2.62. The van der Waals surface area contributed by atoms with E-state index in [1.54, 1.807) is 0 Å². The Kier molecular flexibility index (Phi) is 4.95. The molecule has 0 aliphatic heterocycles. The highest BCUT2D eigenvalue weighted by Crippen LogP contribution is 2.25. The van der Waals surface area contributed by atoms with Crippen molar-refractivity contribution in [3.05, 3.63) is 0 Å². The SMILES string of the molecule is CC(NC1CCCC1CO)C(=O)OC(C)(C)C. The zero-order valence-electron chi connectivity index (χ0n) is 11.3. The number of aliphatic hydroxyl groups excluding tert-OH is 1. The van der Waals surface area contributed by atoms with Crippen LogP contribution >= 0.6 is 0 Å². The molecule has 2 N–H and O–H groups in total. The summed E-state index contributed by atoms with van der Waals surface area (Å²) in [4.78, 5) is 11.8. The fraction of sp³-hybridized carbons (Fsp3) is 0.923. The first-order valence-electron chi connectivity index (χ1n) is 6.43. The van der Waals surface area contributed by atoms with E-state index in [0.717, 1.165) is 19.3 Å². The molecule has 0 radical (unpaired) electrons. The summed E-state index contributed by atoms with van der Waals surface area (Å²) in [5, 5.41) is 12.5. The van der Waals surface area contributed by atoms with E-state index in [2.05, 4.69) is 5.32 Å². The van der Waals surface area contributed by atoms with Gasteiger partial charge in [0.2, 0.25) is 0 Å². The molecule has 0 aromatic carbocycles. The second kappa shape index (κ2) is 5.83. The molecule has 0 aromatic rings. The van der Waals surface area contributed by atoms with Crippen molar-refractivity contribution in [2.75, 3.05) is 6.61 Å². The van der Waals surface area contributed by atoms with Crippen LogP contribution in [0.2, 0.25) is 0 Å². The van der Waals surface area contributed by atoms with Crippen LogP contribution in [0.3, 0.4) is 0 Å². The predicted molar refractivity (Wildman–Crippen MR) is 66.7 cm³/mol. The van der Waals surface area contributed by atoms with Crippen molar-refractivity contribution in [1.29, 1.82) is 0 Å². The van der Waals surface area contributed by atoms with E-state index in [-0.39, 0.29) is 30.6 Å². The molecule has 17 heavy (non-hydrogen) atoms. The summed E-state index contributed by atoms with van der Waals surface area (Å²) in [6.45, 7) is 7.61. The Balaban J connectivity index is 2.43. The van der Waals surface area contributed by atoms with Gasteiger partial charge in [0, 0.05) is 12.6 Å². The molecule has 1 rings (SSSR count). The molecule has 0 amide bonds. The Morgan fingerprint density at radius 1 is 1.47 bits per heavy atom. The summed E-state index contributed by atoms with van der Waals surface area (Å²) in [6.07, 6.45) is 3.18. The molecule has 0 bridgehead atoms. The van der Waals surface area contributed by atoms with Gasteiger partial charge < -0.3 is 15.2 Å². The van der Waals surface area contributed by atoms with Gasteiger partial charge in [-0.25, -0.2) is 0 Å². The van der Waals surface area contributed by atoms with Crippen LogP contribution in [0, 0.1) is 5.92 Å². The number of carbonyl (C=O) groups is 1. The van der Waals surface area contributed by atoms with Crippen LogP contribution in [0.25, 0.3) is 0 Å². The lowest BCUT2D eigenvalue weighted by Crippen LogP contribution is -2.46. The number of nitrogens with one attached hydrogen (secondary N) is 1. The van der Waals surface area contributed by atoms with Crippen LogP contribution in [0.15, 0.2) is 0 Å². The molecule has 0 spiro atoms. The van der Waals surface area contributed by atoms with Gasteiger partial charge >= 0.3 is 5.97 Å². The lowest BCUT2D eigenvalue weighted by molar-refractivity contribution is -0.157. The monoisotopic (exact) mass is 243 g/mol. The van der Waals surface area contributed by atoms with Crippen LogP contribution in [0.5, 0.6) is 0 Å². The first-order valence-corrected chi connectivity index (χ1v) is 6.43. The largest absolute Gasteiger partial charge is 0.459 e. The smallest absolute Gasteiger partial charge is 0.323 e. The fourth-order valence-corrected chi connectivity index (χ4v) is 2.25. The van der Waals surface area contributed by atoms with Crippen LogP contribution in [0.4, 0.5) is 0 Å². The van der Waals surface area contributed by atoms with Gasteiger partial charge in [0.25, 0.3) is 0 Å². The van der Waals surface area contributed by atoms with Crippen molar-refractivity contribution in [1.82, 2.24) is 5.32 Å². The topological polar surface area (TPSA) is 58.6 Å². The maximum absolute atomic E-state index is 11.8. The second-order valence-electron chi connectivity index (χ2n) is 5.90. The molecule has 0 aromatic heterocycles. The van der Waals surface area contributed by atoms with Crippen LogP contribution in [-0.2, 0) is 9.53 Å². The van der Waals surface area contributed by atoms with Crippen molar-refractivity contribution in [2.24, 2.45) is 5.92 Å². The minimum atomic E-state index is -0.445. The quantitative estimate of drug-likeness (QED) is 0.734. The van der Waals surface area contributed by atoms with Gasteiger partial charge in [-0.15, -0.1) is 0 Å². The molecule has 3 unspecified atom stereocenters. The van der Waals surface area contributed by atoms with Gasteiger partial charge in [0.05, 0.1) is 0 Å². The molecule has 4 heteroatoms. The Morgan fingerprint density at radius 2 is 2.12 bits per heavy atom. The molecule has 4 nitrogen and oxygen atoms in total. The number of hydrogen-bond donors (Lipinski definition) is 2. The molecule has 1 aliphatic carbocycles. The number of rotatable bonds is 4. The zero-order chi connectivity index (χ0) is 13.1. The average molecular weight is 243 g/mol. The molecule has 0 saturated heterocycles. The number of aliphatic hydroxyl groups is 1. The van der Waals surface area contributed by atoms with Gasteiger partial charge in [0.15, 0.2) is 0 Å². The van der Waals surface area contributed by atoms with E-state index in [1.807, 2.05) is 27.7 Å². The van der Waals surface area contributed by atoms with Gasteiger partial charge in [0.1, 0.15) is 11.6 Å². The molecule has 1 fully saturated rings. The van der Waals surface area contributed by atoms with Crippen LogP contribution < -0.4 is 5.32 Å². The number of ether oxygens (including phenoxy) is 1. The third-order valence-corrected chi connectivity index (χ3v) is 3.12. The molecule has 1 aliphatic rings. The summed E-state index contributed by atoms with van der Waals surface area (Å²) in [5.41, 5.74) is -0.445. The third-order valence-electron chi connectivity index (χ3n) is 3.12. The standard InChI is InChI=1S/C13H25NO3/c1-9(12(16)17-13(2,3)4)14-11-7-5-6-10(11)8-15/h9-11,14-15H,5-8H2,1-4H3. The van der Waals surface area contributed by atoms with Crippen molar-refractivity contribution < 1.29 is 14.6 Å². The summed E-state index contributed by atoms with van der Waals surface area (Å²) < 4.78 is 5.31. The Morgan fingerprint density at radius 3 is 2.65 bits per heavy atom. The van der Waals surface area contributed by atoms with Crippen molar-refractivity contribution in [3.8, 4) is 0 Å². The van der Waals surface area contributed by atoms with Crippen LogP contribution in [-0.4, -0.2) is 35.4 Å². The van der Waals surface area contributed by atoms with E-state index in [1.165, 1.54) is 0 Å². The summed E-state index contributed by atoms with van der Waals surface area (Å²) in [6, 6.07) is -0.0751. The Hall–Kier alpha value is -0.610. The lowest BCUT2D eigenvalue weighted by Gasteiger charge is -2.26. The van der Waals surface area contributed by atoms with Gasteiger partial charge in [-0.3, -0.25) is 4.79 Å². The first kappa shape index (κ1) is 14.5.